The van der Waals surface area contributed by atoms with Crippen LogP contribution >= 0.6 is 0 Å². The second-order valence-corrected chi connectivity index (χ2v) is 16.5. The SMILES string of the molecule is CCCCCCCCCC(=O)O[C@@H]1[C@@H](C)[C@@]2(O)[C@@H](C=C(CO)C[C@@]3(O)C(=O)C(C)C[C@@H]23)[C@@H]2C(C)(C)[C@]12OC(=O)CCCCCCCCC. The van der Waals surface area contributed by atoms with Crippen LogP contribution in [0.25, 0.3) is 0 Å². The molecular formula is C40H66O8. The van der Waals surface area contributed by atoms with Gasteiger partial charge in [0.05, 0.1) is 12.2 Å². The maximum Gasteiger partial charge on any atom is 0.306 e. The summed E-state index contributed by atoms with van der Waals surface area (Å²) < 4.78 is 12.9. The second-order valence-electron chi connectivity index (χ2n) is 16.5. The summed E-state index contributed by atoms with van der Waals surface area (Å²) in [5.74, 6) is -4.13. The number of fused-ring (bicyclic) bond motifs is 5. The molecule has 4 rings (SSSR count). The first kappa shape index (κ1) is 39.0. The number of hydrogen-bond donors (Lipinski definition) is 3. The Labute approximate surface area is 289 Å². The van der Waals surface area contributed by atoms with Gasteiger partial charge in [-0.2, -0.15) is 0 Å². The van der Waals surface area contributed by atoms with E-state index in [1.807, 2.05) is 26.8 Å². The highest BCUT2D eigenvalue weighted by molar-refractivity contribution is 5.92. The number of esters is 2. The number of unbranched alkanes of at least 4 members (excludes halogenated alkanes) is 12. The molecule has 4 aliphatic rings. The molecule has 9 atom stereocenters. The average Bonchev–Trinajstić information content (AvgIpc) is 3.47. The van der Waals surface area contributed by atoms with Gasteiger partial charge in [-0.25, -0.2) is 0 Å². The zero-order valence-electron chi connectivity index (χ0n) is 30.9. The van der Waals surface area contributed by atoms with Gasteiger partial charge in [0.1, 0.15) is 11.7 Å². The summed E-state index contributed by atoms with van der Waals surface area (Å²) in [5, 5.41) is 35.4. The van der Waals surface area contributed by atoms with Crippen LogP contribution in [-0.4, -0.2) is 62.6 Å². The maximum atomic E-state index is 13.6. The number of hydrogen-bond acceptors (Lipinski definition) is 8. The molecule has 48 heavy (non-hydrogen) atoms. The lowest BCUT2D eigenvalue weighted by molar-refractivity contribution is -0.234. The topological polar surface area (TPSA) is 130 Å². The second kappa shape index (κ2) is 16.1. The fourth-order valence-electron chi connectivity index (χ4n) is 10.2. The molecule has 0 bridgehead atoms. The minimum absolute atomic E-state index is 0.0518. The van der Waals surface area contributed by atoms with Crippen molar-refractivity contribution in [1.82, 2.24) is 0 Å². The van der Waals surface area contributed by atoms with Gasteiger partial charge in [-0.15, -0.1) is 0 Å². The number of ketones is 1. The van der Waals surface area contributed by atoms with E-state index in [9.17, 15) is 29.7 Å². The minimum atomic E-state index is -1.84. The van der Waals surface area contributed by atoms with E-state index in [0.717, 1.165) is 44.9 Å². The van der Waals surface area contributed by atoms with Crippen LogP contribution in [0.2, 0.25) is 0 Å². The molecule has 3 fully saturated rings. The first-order valence-electron chi connectivity index (χ1n) is 19.5. The maximum absolute atomic E-state index is 13.6. The molecule has 4 aliphatic carbocycles. The Bertz CT molecular complexity index is 1160. The lowest BCUT2D eigenvalue weighted by Gasteiger charge is -2.53. The molecule has 1 unspecified atom stereocenters. The summed E-state index contributed by atoms with van der Waals surface area (Å²) >= 11 is 0. The third-order valence-electron chi connectivity index (χ3n) is 12.9. The van der Waals surface area contributed by atoms with Gasteiger partial charge in [0.2, 0.25) is 0 Å². The fourth-order valence-corrected chi connectivity index (χ4v) is 10.2. The zero-order chi connectivity index (χ0) is 35.3. The molecule has 8 heteroatoms. The van der Waals surface area contributed by atoms with Crippen LogP contribution in [-0.2, 0) is 23.9 Å². The number of Topliss-reactive ketones (excluding diaryl/α,β-unsaturated/α-hetero) is 1. The van der Waals surface area contributed by atoms with Crippen LogP contribution in [0, 0.1) is 35.0 Å². The Morgan fingerprint density at radius 1 is 0.833 bits per heavy atom. The van der Waals surface area contributed by atoms with Gasteiger partial charge in [0.15, 0.2) is 11.4 Å². The van der Waals surface area contributed by atoms with E-state index >= 15 is 0 Å². The van der Waals surface area contributed by atoms with E-state index in [2.05, 4.69) is 13.8 Å². The molecule has 274 valence electrons. The van der Waals surface area contributed by atoms with E-state index in [4.69, 9.17) is 9.47 Å². The number of aliphatic hydroxyl groups excluding tert-OH is 1. The highest BCUT2D eigenvalue weighted by Crippen LogP contribution is 2.77. The number of carbonyl (C=O) groups excluding carboxylic acids is 3. The van der Waals surface area contributed by atoms with Crippen molar-refractivity contribution < 1.29 is 39.2 Å². The van der Waals surface area contributed by atoms with Gasteiger partial charge in [-0.1, -0.05) is 125 Å². The molecule has 0 aromatic rings. The summed E-state index contributed by atoms with van der Waals surface area (Å²) in [4.78, 5) is 40.6. The molecule has 0 aromatic carbocycles. The Hall–Kier alpha value is -1.77. The normalized spacial score (nSPS) is 36.4. The van der Waals surface area contributed by atoms with Crippen molar-refractivity contribution in [3.63, 3.8) is 0 Å². The van der Waals surface area contributed by atoms with Gasteiger partial charge >= 0.3 is 11.9 Å². The summed E-state index contributed by atoms with van der Waals surface area (Å²) in [6.45, 7) is 11.6. The Morgan fingerprint density at radius 2 is 1.35 bits per heavy atom. The summed E-state index contributed by atoms with van der Waals surface area (Å²) in [6.07, 6.45) is 16.6. The minimum Gasteiger partial charge on any atom is -0.458 e. The number of carbonyl (C=O) groups is 3. The van der Waals surface area contributed by atoms with Crippen molar-refractivity contribution in [3.8, 4) is 0 Å². The molecule has 0 heterocycles. The molecule has 0 radical (unpaired) electrons. The summed E-state index contributed by atoms with van der Waals surface area (Å²) in [6, 6.07) is 0. The Kier molecular flexibility index (Phi) is 13.1. The van der Waals surface area contributed by atoms with Gasteiger partial charge in [-0.3, -0.25) is 14.4 Å². The lowest BCUT2D eigenvalue weighted by Crippen LogP contribution is -2.66. The first-order chi connectivity index (χ1) is 22.8. The summed E-state index contributed by atoms with van der Waals surface area (Å²) in [7, 11) is 0. The predicted octanol–water partition coefficient (Wildman–Crippen LogP) is 7.39. The van der Waals surface area contributed by atoms with Crippen LogP contribution < -0.4 is 0 Å². The van der Waals surface area contributed by atoms with Gasteiger partial charge in [0.25, 0.3) is 0 Å². The first-order valence-corrected chi connectivity index (χ1v) is 19.5. The van der Waals surface area contributed by atoms with Crippen LogP contribution in [0.1, 0.15) is 157 Å². The Balaban J connectivity index is 1.61. The van der Waals surface area contributed by atoms with E-state index < -0.39 is 57.9 Å². The highest BCUT2D eigenvalue weighted by atomic mass is 16.6. The molecular weight excluding hydrogens is 608 g/mol. The van der Waals surface area contributed by atoms with Crippen molar-refractivity contribution in [2.45, 2.75) is 180 Å². The molecule has 0 spiro atoms. The molecule has 3 N–H and O–H groups in total. The molecule has 8 nitrogen and oxygen atoms in total. The molecule has 0 saturated heterocycles. The van der Waals surface area contributed by atoms with E-state index in [1.54, 1.807) is 6.92 Å². The molecule has 0 aliphatic heterocycles. The lowest BCUT2D eigenvalue weighted by atomic mass is 9.58. The van der Waals surface area contributed by atoms with Gasteiger partial charge in [-0.05, 0) is 24.8 Å². The van der Waals surface area contributed by atoms with Gasteiger partial charge < -0.3 is 24.8 Å². The third-order valence-corrected chi connectivity index (χ3v) is 12.9. The standard InChI is InChI=1S/C40H66O8/c1-7-9-11-13-15-17-19-21-32(42)47-36-28(4)39(46)30(24-29(26-41)25-38(45)31(39)23-27(3)35(38)44)34-37(5,6)40(34,36)48-33(43)22-20-18-16-14-12-10-8-2/h24,27-28,30-31,34,36,41,45-46H,7-23,25-26H2,1-6H3/t27?,28-,30+,31-,34-,36-,38+,39-,40-/m1/s1. The van der Waals surface area contributed by atoms with E-state index in [1.165, 1.54) is 38.5 Å². The monoisotopic (exact) mass is 674 g/mol. The molecule has 0 amide bonds. The van der Waals surface area contributed by atoms with Crippen LogP contribution in [0.4, 0.5) is 0 Å². The Morgan fingerprint density at radius 3 is 1.90 bits per heavy atom. The van der Waals surface area contributed by atoms with Crippen molar-refractivity contribution in [3.05, 3.63) is 11.6 Å². The molecule has 0 aromatic heterocycles. The number of ether oxygens (including phenoxy) is 2. The number of rotatable bonds is 19. The number of aliphatic hydroxyl groups is 3. The quantitative estimate of drug-likeness (QED) is 0.0735. The van der Waals surface area contributed by atoms with E-state index in [0.29, 0.717) is 12.0 Å². The van der Waals surface area contributed by atoms with Crippen molar-refractivity contribution >= 4 is 17.7 Å². The largest absolute Gasteiger partial charge is 0.458 e. The van der Waals surface area contributed by atoms with Crippen LogP contribution in [0.5, 0.6) is 0 Å². The van der Waals surface area contributed by atoms with E-state index in [-0.39, 0.29) is 50.0 Å². The van der Waals surface area contributed by atoms with Crippen LogP contribution in [0.15, 0.2) is 11.6 Å². The van der Waals surface area contributed by atoms with Crippen LogP contribution in [0.3, 0.4) is 0 Å². The summed E-state index contributed by atoms with van der Waals surface area (Å²) in [5.41, 5.74) is -4.83. The van der Waals surface area contributed by atoms with Crippen molar-refractivity contribution in [2.75, 3.05) is 6.61 Å². The fraction of sp³-hybridized carbons (Fsp3) is 0.875. The predicted molar refractivity (Wildman–Crippen MR) is 186 cm³/mol. The zero-order valence-corrected chi connectivity index (χ0v) is 30.9. The molecule has 3 saturated carbocycles. The van der Waals surface area contributed by atoms with Crippen molar-refractivity contribution in [2.24, 2.45) is 35.0 Å². The highest BCUT2D eigenvalue weighted by Gasteiger charge is 2.88. The van der Waals surface area contributed by atoms with Crippen molar-refractivity contribution in [1.29, 1.82) is 0 Å². The third kappa shape index (κ3) is 7.19. The smallest absolute Gasteiger partial charge is 0.306 e. The average molecular weight is 675 g/mol. The van der Waals surface area contributed by atoms with Gasteiger partial charge in [0, 0.05) is 54.3 Å².